The number of ketones is 1. The molecular formula is C24H21BrN2O3S. The van der Waals surface area contributed by atoms with Crippen molar-refractivity contribution in [1.82, 2.24) is 9.55 Å². The number of hydrogen-bond donors (Lipinski definition) is 0. The first-order chi connectivity index (χ1) is 14.9. The van der Waals surface area contributed by atoms with E-state index in [2.05, 4.69) is 20.9 Å². The Balaban J connectivity index is 1.36. The van der Waals surface area contributed by atoms with Gasteiger partial charge in [0.1, 0.15) is 0 Å². The maximum atomic E-state index is 12.7. The van der Waals surface area contributed by atoms with Gasteiger partial charge in [0.05, 0.1) is 21.6 Å². The van der Waals surface area contributed by atoms with Crippen LogP contribution in [0.5, 0.6) is 0 Å². The Labute approximate surface area is 192 Å². The number of halogens is 1. The molecule has 0 atom stereocenters. The van der Waals surface area contributed by atoms with Gasteiger partial charge in [0.15, 0.2) is 6.61 Å². The summed E-state index contributed by atoms with van der Waals surface area (Å²) in [4.78, 5) is 29.4. The molecule has 2 heterocycles. The molecule has 0 N–H and O–H groups in total. The lowest BCUT2D eigenvalue weighted by Gasteiger charge is -2.10. The van der Waals surface area contributed by atoms with Crippen molar-refractivity contribution in [3.63, 3.8) is 0 Å². The van der Waals surface area contributed by atoms with Crippen LogP contribution in [0, 0.1) is 13.8 Å². The molecule has 0 unspecified atom stereocenters. The quantitative estimate of drug-likeness (QED) is 0.238. The molecule has 0 saturated carbocycles. The van der Waals surface area contributed by atoms with Crippen molar-refractivity contribution in [2.24, 2.45) is 0 Å². The minimum absolute atomic E-state index is 0.199. The van der Waals surface area contributed by atoms with E-state index in [4.69, 9.17) is 4.74 Å². The highest BCUT2D eigenvalue weighted by Crippen LogP contribution is 2.24. The first-order valence-corrected chi connectivity index (χ1v) is 11.5. The summed E-state index contributed by atoms with van der Waals surface area (Å²) in [6.45, 7) is 3.59. The number of rotatable bonds is 7. The number of para-hydroxylation sites is 1. The lowest BCUT2D eigenvalue weighted by atomic mass is 10.1. The maximum Gasteiger partial charge on any atom is 0.306 e. The number of benzene rings is 2. The highest BCUT2D eigenvalue weighted by molar-refractivity contribution is 9.10. The molecule has 0 aliphatic carbocycles. The van der Waals surface area contributed by atoms with Crippen molar-refractivity contribution < 1.29 is 14.3 Å². The minimum Gasteiger partial charge on any atom is -0.457 e. The Morgan fingerprint density at radius 1 is 1.10 bits per heavy atom. The van der Waals surface area contributed by atoms with Gasteiger partial charge in [0.2, 0.25) is 5.78 Å². The molecule has 0 spiro atoms. The van der Waals surface area contributed by atoms with Crippen molar-refractivity contribution in [3.05, 3.63) is 81.0 Å². The van der Waals surface area contributed by atoms with E-state index in [0.29, 0.717) is 12.0 Å². The molecule has 0 amide bonds. The maximum absolute atomic E-state index is 12.7. The van der Waals surface area contributed by atoms with Gasteiger partial charge < -0.3 is 9.30 Å². The van der Waals surface area contributed by atoms with Gasteiger partial charge in [0.25, 0.3) is 0 Å². The van der Waals surface area contributed by atoms with Gasteiger partial charge >= 0.3 is 5.97 Å². The van der Waals surface area contributed by atoms with Gasteiger partial charge in [-0.05, 0) is 56.3 Å². The second-order valence-electron chi connectivity index (χ2n) is 7.26. The van der Waals surface area contributed by atoms with Crippen LogP contribution < -0.4 is 0 Å². The topological polar surface area (TPSA) is 61.2 Å². The van der Waals surface area contributed by atoms with Crippen LogP contribution in [0.4, 0.5) is 0 Å². The van der Waals surface area contributed by atoms with Crippen LogP contribution in [0.25, 0.3) is 15.9 Å². The van der Waals surface area contributed by atoms with Crippen molar-refractivity contribution in [2.75, 3.05) is 6.61 Å². The molecule has 31 heavy (non-hydrogen) atoms. The molecule has 0 aliphatic rings. The molecule has 2 aromatic carbocycles. The van der Waals surface area contributed by atoms with Gasteiger partial charge in [-0.25, -0.2) is 4.98 Å². The van der Waals surface area contributed by atoms with Crippen LogP contribution in [-0.4, -0.2) is 27.9 Å². The molecule has 0 bridgehead atoms. The van der Waals surface area contributed by atoms with Gasteiger partial charge in [-0.1, -0.05) is 28.1 Å². The van der Waals surface area contributed by atoms with Crippen LogP contribution in [0.1, 0.15) is 33.2 Å². The molecule has 2 aromatic heterocycles. The zero-order valence-corrected chi connectivity index (χ0v) is 19.6. The summed E-state index contributed by atoms with van der Waals surface area (Å²) in [5.41, 5.74) is 4.26. The Morgan fingerprint density at radius 3 is 2.58 bits per heavy atom. The summed E-state index contributed by atoms with van der Waals surface area (Å²) >= 11 is 5.01. The highest BCUT2D eigenvalue weighted by atomic mass is 79.9. The van der Waals surface area contributed by atoms with Crippen LogP contribution in [0.2, 0.25) is 0 Å². The Hall–Kier alpha value is -2.77. The average molecular weight is 497 g/mol. The summed E-state index contributed by atoms with van der Waals surface area (Å²) in [5, 5.41) is 0.891. The molecule has 5 nitrogen and oxygen atoms in total. The Bertz CT molecular complexity index is 1220. The third-order valence-corrected chi connectivity index (χ3v) is 6.69. The van der Waals surface area contributed by atoms with E-state index < -0.39 is 5.97 Å². The number of ether oxygens (including phenoxy) is 1. The van der Waals surface area contributed by atoms with Crippen LogP contribution in [0.15, 0.2) is 59.1 Å². The minimum atomic E-state index is -0.394. The fourth-order valence-corrected chi connectivity index (χ4v) is 4.80. The van der Waals surface area contributed by atoms with Crippen molar-refractivity contribution in [3.8, 4) is 5.69 Å². The summed E-state index contributed by atoms with van der Waals surface area (Å²) in [7, 11) is 0. The number of thiazole rings is 1. The number of fused-ring (bicyclic) bond motifs is 1. The molecular weight excluding hydrogens is 476 g/mol. The molecule has 0 fully saturated rings. The predicted octanol–water partition coefficient (Wildman–Crippen LogP) is 5.83. The number of carbonyl (C=O) groups is 2. The number of esters is 1. The number of hydrogen-bond acceptors (Lipinski definition) is 5. The van der Waals surface area contributed by atoms with Gasteiger partial charge in [-0.3, -0.25) is 9.59 Å². The third kappa shape index (κ3) is 4.78. The molecule has 158 valence electrons. The largest absolute Gasteiger partial charge is 0.457 e. The summed E-state index contributed by atoms with van der Waals surface area (Å²) < 4.78 is 9.37. The Kier molecular flexibility index (Phi) is 6.34. The summed E-state index contributed by atoms with van der Waals surface area (Å²) in [5.74, 6) is -0.598. The van der Waals surface area contributed by atoms with Gasteiger partial charge in [0, 0.05) is 33.5 Å². The van der Waals surface area contributed by atoms with E-state index >= 15 is 0 Å². The number of aryl methyl sites for hydroxylation is 2. The average Bonchev–Trinajstić information content (AvgIpc) is 3.31. The Morgan fingerprint density at radius 2 is 1.84 bits per heavy atom. The third-order valence-electron chi connectivity index (χ3n) is 5.06. The van der Waals surface area contributed by atoms with E-state index in [0.717, 1.165) is 36.8 Å². The van der Waals surface area contributed by atoms with E-state index in [9.17, 15) is 9.59 Å². The standard InChI is InChI=1S/C24H21BrN2O3S/c1-15-13-19(16(2)27(15)18-9-7-17(25)8-10-18)21(28)14-30-24(29)12-11-23-26-20-5-3-4-6-22(20)31-23/h3-10,13H,11-12,14H2,1-2H3. The monoisotopic (exact) mass is 496 g/mol. The highest BCUT2D eigenvalue weighted by Gasteiger charge is 2.18. The van der Waals surface area contributed by atoms with Crippen molar-refractivity contribution in [2.45, 2.75) is 26.7 Å². The summed E-state index contributed by atoms with van der Waals surface area (Å²) in [6, 6.07) is 17.6. The van der Waals surface area contributed by atoms with Crippen LogP contribution >= 0.6 is 27.3 Å². The number of carbonyl (C=O) groups excluding carboxylic acids is 2. The molecule has 0 radical (unpaired) electrons. The van der Waals surface area contributed by atoms with E-state index in [1.54, 1.807) is 11.3 Å². The number of nitrogens with zero attached hydrogens (tertiary/aromatic N) is 2. The van der Waals surface area contributed by atoms with Crippen LogP contribution in [-0.2, 0) is 16.0 Å². The van der Waals surface area contributed by atoms with E-state index in [1.807, 2.05) is 73.0 Å². The molecule has 0 aliphatic heterocycles. The zero-order chi connectivity index (χ0) is 22.0. The summed E-state index contributed by atoms with van der Waals surface area (Å²) in [6.07, 6.45) is 0.704. The zero-order valence-electron chi connectivity index (χ0n) is 17.2. The number of aromatic nitrogens is 2. The predicted molar refractivity (Wildman–Crippen MR) is 126 cm³/mol. The molecule has 4 aromatic rings. The van der Waals surface area contributed by atoms with Gasteiger partial charge in [-0.15, -0.1) is 11.3 Å². The van der Waals surface area contributed by atoms with Crippen LogP contribution in [0.3, 0.4) is 0 Å². The van der Waals surface area contributed by atoms with Gasteiger partial charge in [-0.2, -0.15) is 0 Å². The smallest absolute Gasteiger partial charge is 0.306 e. The molecule has 7 heteroatoms. The van der Waals surface area contributed by atoms with E-state index in [-0.39, 0.29) is 18.8 Å². The van der Waals surface area contributed by atoms with Crippen molar-refractivity contribution >= 4 is 49.2 Å². The van der Waals surface area contributed by atoms with E-state index in [1.165, 1.54) is 0 Å². The first kappa shape index (κ1) is 21.5. The molecule has 0 saturated heterocycles. The SMILES string of the molecule is Cc1cc(C(=O)COC(=O)CCc2nc3ccccc3s2)c(C)n1-c1ccc(Br)cc1. The second-order valence-corrected chi connectivity index (χ2v) is 9.29. The normalized spacial score (nSPS) is 11.1. The lowest BCUT2D eigenvalue weighted by molar-refractivity contribution is -0.142. The van der Waals surface area contributed by atoms with Crippen molar-refractivity contribution in [1.29, 1.82) is 0 Å². The molecule has 4 rings (SSSR count). The fourth-order valence-electron chi connectivity index (χ4n) is 3.56. The first-order valence-electron chi connectivity index (χ1n) is 9.90. The lowest BCUT2D eigenvalue weighted by Crippen LogP contribution is -2.15. The second kappa shape index (κ2) is 9.16. The fraction of sp³-hybridized carbons (Fsp3) is 0.208. The number of Topliss-reactive ketones (excluding diaryl/α,β-unsaturated/α-hetero) is 1.